The van der Waals surface area contributed by atoms with Crippen molar-refractivity contribution in [2.75, 3.05) is 0 Å². The Morgan fingerprint density at radius 2 is 1.86 bits per heavy atom. The summed E-state index contributed by atoms with van der Waals surface area (Å²) in [5, 5.41) is 23.8. The predicted octanol–water partition coefficient (Wildman–Crippen LogP) is 3.77. The second-order valence-electron chi connectivity index (χ2n) is 6.84. The van der Waals surface area contributed by atoms with E-state index in [4.69, 9.17) is 0 Å². The number of benzene rings is 2. The molecule has 4 aromatic rings. The summed E-state index contributed by atoms with van der Waals surface area (Å²) in [7, 11) is 0. The number of hydrogen-bond acceptors (Lipinski definition) is 4. The maximum Gasteiger partial charge on any atom is 0.269 e. The van der Waals surface area contributed by atoms with Crippen LogP contribution in [0.2, 0.25) is 0 Å². The number of hydrogen-bond donors (Lipinski definition) is 3. The second-order valence-corrected chi connectivity index (χ2v) is 6.84. The normalized spacial score (nSPS) is 11.9. The fraction of sp³-hybridized carbons (Fsp3) is 0.136. The molecule has 0 saturated carbocycles. The van der Waals surface area contributed by atoms with Crippen molar-refractivity contribution in [1.82, 2.24) is 25.3 Å². The molecule has 0 aliphatic heterocycles. The predicted molar refractivity (Wildman–Crippen MR) is 110 cm³/mol. The van der Waals surface area contributed by atoms with Gasteiger partial charge in [0, 0.05) is 16.8 Å². The average molecular weight is 387 g/mol. The zero-order valence-corrected chi connectivity index (χ0v) is 16.1. The summed E-state index contributed by atoms with van der Waals surface area (Å²) < 4.78 is 1.86. The molecule has 0 fully saturated rings. The number of nitrogens with one attached hydrogen (secondary N) is 2. The van der Waals surface area contributed by atoms with Gasteiger partial charge in [0.15, 0.2) is 0 Å². The Morgan fingerprint density at radius 1 is 1.14 bits per heavy atom. The number of carbonyl (C=O) groups excluding carboxylic acids is 1. The SMILES string of the molecule is Cc1c(C(C)NC(=O)c2cc(-c3ccc(O)cc3)n[nH]2)cnn1-c1ccccc1. The molecule has 0 bridgehead atoms. The number of rotatable bonds is 5. The van der Waals surface area contributed by atoms with Gasteiger partial charge in [-0.05, 0) is 56.3 Å². The number of aromatic amines is 1. The summed E-state index contributed by atoms with van der Waals surface area (Å²) in [6, 6.07) is 18.0. The van der Waals surface area contributed by atoms with Crippen LogP contribution in [0, 0.1) is 6.92 Å². The first-order chi connectivity index (χ1) is 14.0. The van der Waals surface area contributed by atoms with E-state index in [2.05, 4.69) is 20.6 Å². The number of nitrogens with zero attached hydrogens (tertiary/aromatic N) is 3. The Bertz CT molecular complexity index is 1130. The van der Waals surface area contributed by atoms with Gasteiger partial charge in [-0.3, -0.25) is 9.89 Å². The van der Waals surface area contributed by atoms with E-state index in [0.717, 1.165) is 22.5 Å². The highest BCUT2D eigenvalue weighted by molar-refractivity contribution is 5.93. The van der Waals surface area contributed by atoms with Crippen LogP contribution in [0.15, 0.2) is 66.9 Å². The number of aromatic hydroxyl groups is 1. The Hall–Kier alpha value is -3.87. The lowest BCUT2D eigenvalue weighted by Crippen LogP contribution is -2.27. The number of carbonyl (C=O) groups is 1. The van der Waals surface area contributed by atoms with Gasteiger partial charge in [0.2, 0.25) is 0 Å². The van der Waals surface area contributed by atoms with Gasteiger partial charge < -0.3 is 10.4 Å². The van der Waals surface area contributed by atoms with Crippen LogP contribution >= 0.6 is 0 Å². The summed E-state index contributed by atoms with van der Waals surface area (Å²) in [5.41, 5.74) is 4.70. The van der Waals surface area contributed by atoms with Crippen molar-refractivity contribution >= 4 is 5.91 Å². The molecule has 2 aromatic carbocycles. The highest BCUT2D eigenvalue weighted by Gasteiger charge is 2.18. The quantitative estimate of drug-likeness (QED) is 0.486. The van der Waals surface area contributed by atoms with Crippen molar-refractivity contribution in [3.8, 4) is 22.7 Å². The average Bonchev–Trinajstić information content (AvgIpc) is 3.36. The van der Waals surface area contributed by atoms with Crippen LogP contribution < -0.4 is 5.32 Å². The molecule has 0 radical (unpaired) electrons. The van der Waals surface area contributed by atoms with E-state index in [-0.39, 0.29) is 17.7 Å². The van der Waals surface area contributed by atoms with E-state index < -0.39 is 0 Å². The van der Waals surface area contributed by atoms with Crippen molar-refractivity contribution < 1.29 is 9.90 Å². The third-order valence-corrected chi connectivity index (χ3v) is 4.85. The number of amides is 1. The van der Waals surface area contributed by atoms with E-state index in [9.17, 15) is 9.90 Å². The Labute approximate surface area is 168 Å². The Kier molecular flexibility index (Phi) is 4.87. The highest BCUT2D eigenvalue weighted by Crippen LogP contribution is 2.22. The topological polar surface area (TPSA) is 95.8 Å². The van der Waals surface area contributed by atoms with E-state index in [1.165, 1.54) is 0 Å². The van der Waals surface area contributed by atoms with Crippen molar-refractivity contribution in [3.63, 3.8) is 0 Å². The number of aromatic nitrogens is 4. The molecular formula is C22H21N5O2. The van der Waals surface area contributed by atoms with E-state index in [1.807, 2.05) is 48.9 Å². The molecule has 7 nitrogen and oxygen atoms in total. The molecule has 0 spiro atoms. The van der Waals surface area contributed by atoms with Gasteiger partial charge in [0.05, 0.1) is 23.6 Å². The van der Waals surface area contributed by atoms with Crippen LogP contribution in [0.25, 0.3) is 16.9 Å². The standard InChI is InChI=1S/C22H21N5O2/c1-14(19-13-23-27(15(19)2)17-6-4-3-5-7-17)24-22(29)21-12-20(25-26-21)16-8-10-18(28)11-9-16/h3-14,28H,1-2H3,(H,24,29)(H,25,26). The van der Waals surface area contributed by atoms with Gasteiger partial charge in [0.1, 0.15) is 11.4 Å². The second kappa shape index (κ2) is 7.63. The molecular weight excluding hydrogens is 366 g/mol. The molecule has 0 aliphatic carbocycles. The van der Waals surface area contributed by atoms with Gasteiger partial charge in [-0.25, -0.2) is 4.68 Å². The van der Waals surface area contributed by atoms with Gasteiger partial charge in [-0.15, -0.1) is 0 Å². The number of para-hydroxylation sites is 1. The third-order valence-electron chi connectivity index (χ3n) is 4.85. The summed E-state index contributed by atoms with van der Waals surface area (Å²) in [6.07, 6.45) is 1.78. The molecule has 1 atom stereocenters. The monoisotopic (exact) mass is 387 g/mol. The summed E-state index contributed by atoms with van der Waals surface area (Å²) in [4.78, 5) is 12.7. The van der Waals surface area contributed by atoms with Crippen molar-refractivity contribution in [1.29, 1.82) is 0 Å². The minimum atomic E-state index is -0.248. The minimum Gasteiger partial charge on any atom is -0.508 e. The molecule has 1 amide bonds. The third kappa shape index (κ3) is 3.75. The lowest BCUT2D eigenvalue weighted by atomic mass is 10.1. The highest BCUT2D eigenvalue weighted by atomic mass is 16.3. The van der Waals surface area contributed by atoms with E-state index in [1.54, 1.807) is 36.5 Å². The van der Waals surface area contributed by atoms with Crippen molar-refractivity contribution in [2.45, 2.75) is 19.9 Å². The van der Waals surface area contributed by atoms with E-state index >= 15 is 0 Å². The smallest absolute Gasteiger partial charge is 0.269 e. The lowest BCUT2D eigenvalue weighted by Gasteiger charge is -2.13. The van der Waals surface area contributed by atoms with Crippen LogP contribution in [0.5, 0.6) is 5.75 Å². The van der Waals surface area contributed by atoms with Crippen LogP contribution in [0.3, 0.4) is 0 Å². The summed E-state index contributed by atoms with van der Waals surface area (Å²) in [5.74, 6) is -0.0654. The molecule has 2 heterocycles. The molecule has 4 rings (SSSR count). The number of phenolic OH excluding ortho intramolecular Hbond substituents is 1. The first-order valence-electron chi connectivity index (χ1n) is 9.28. The molecule has 0 saturated heterocycles. The summed E-state index contributed by atoms with van der Waals surface area (Å²) in [6.45, 7) is 3.91. The molecule has 3 N–H and O–H groups in total. The Morgan fingerprint density at radius 3 is 2.59 bits per heavy atom. The van der Waals surface area contributed by atoms with Gasteiger partial charge in [-0.2, -0.15) is 10.2 Å². The van der Waals surface area contributed by atoms with E-state index in [0.29, 0.717) is 11.4 Å². The van der Waals surface area contributed by atoms with Crippen molar-refractivity contribution in [3.05, 3.63) is 83.8 Å². The maximum atomic E-state index is 12.7. The summed E-state index contributed by atoms with van der Waals surface area (Å²) >= 11 is 0. The fourth-order valence-electron chi connectivity index (χ4n) is 3.25. The Balaban J connectivity index is 1.49. The van der Waals surface area contributed by atoms with Gasteiger partial charge in [-0.1, -0.05) is 18.2 Å². The zero-order valence-electron chi connectivity index (χ0n) is 16.1. The number of phenols is 1. The van der Waals surface area contributed by atoms with Crippen LogP contribution in [-0.2, 0) is 0 Å². The van der Waals surface area contributed by atoms with Crippen LogP contribution in [-0.4, -0.2) is 31.0 Å². The molecule has 0 aliphatic rings. The lowest BCUT2D eigenvalue weighted by molar-refractivity contribution is 0.0934. The van der Waals surface area contributed by atoms with Gasteiger partial charge >= 0.3 is 0 Å². The van der Waals surface area contributed by atoms with Crippen LogP contribution in [0.4, 0.5) is 0 Å². The minimum absolute atomic E-state index is 0.183. The van der Waals surface area contributed by atoms with Crippen LogP contribution in [0.1, 0.15) is 34.7 Å². The number of H-pyrrole nitrogens is 1. The first kappa shape index (κ1) is 18.5. The molecule has 146 valence electrons. The molecule has 7 heteroatoms. The molecule has 2 aromatic heterocycles. The largest absolute Gasteiger partial charge is 0.508 e. The molecule has 1 unspecified atom stereocenters. The zero-order chi connectivity index (χ0) is 20.4. The first-order valence-corrected chi connectivity index (χ1v) is 9.28. The molecule has 29 heavy (non-hydrogen) atoms. The fourth-order valence-corrected chi connectivity index (χ4v) is 3.25. The van der Waals surface area contributed by atoms with Gasteiger partial charge in [0.25, 0.3) is 5.91 Å². The maximum absolute atomic E-state index is 12.7. The van der Waals surface area contributed by atoms with Crippen molar-refractivity contribution in [2.24, 2.45) is 0 Å².